The predicted octanol–water partition coefficient (Wildman–Crippen LogP) is 4.44. The molecule has 0 aliphatic carbocycles. The number of oxazole rings is 1. The van der Waals surface area contributed by atoms with Crippen molar-refractivity contribution in [3.05, 3.63) is 87.4 Å². The van der Waals surface area contributed by atoms with Gasteiger partial charge < -0.3 is 15.1 Å². The van der Waals surface area contributed by atoms with Crippen molar-refractivity contribution in [2.24, 2.45) is 0 Å². The van der Waals surface area contributed by atoms with Gasteiger partial charge in [0.1, 0.15) is 23.7 Å². The molecule has 210 valence electrons. The fourth-order valence-electron chi connectivity index (χ4n) is 4.63. The third-order valence-corrected chi connectivity index (χ3v) is 7.30. The number of halogens is 2. The number of aryl methyl sites for hydroxylation is 3. The summed E-state index contributed by atoms with van der Waals surface area (Å²) in [4.78, 5) is 34.3. The Bertz CT molecular complexity index is 1610. The Hall–Kier alpha value is -4.33. The molecule has 1 aliphatic heterocycles. The molecule has 0 saturated carbocycles. The van der Waals surface area contributed by atoms with Crippen molar-refractivity contribution in [3.63, 3.8) is 0 Å². The van der Waals surface area contributed by atoms with Crippen LogP contribution in [0, 0.1) is 31.5 Å². The maximum atomic E-state index is 15.5. The van der Waals surface area contributed by atoms with Crippen LogP contribution in [0.2, 0.25) is 5.02 Å². The van der Waals surface area contributed by atoms with Crippen LogP contribution >= 0.6 is 11.6 Å². The number of nitrogens with two attached hydrogens (primary N) is 1. The minimum absolute atomic E-state index is 0.0106. The number of carbonyl (C=O) groups excluding carboxylic acids is 1. The fraction of sp³-hybridized carbons (Fsp3) is 0.300. The van der Waals surface area contributed by atoms with Crippen molar-refractivity contribution in [1.82, 2.24) is 29.7 Å². The van der Waals surface area contributed by atoms with Crippen LogP contribution in [0.5, 0.6) is 0 Å². The number of hydrogen-bond donors (Lipinski definition) is 1. The van der Waals surface area contributed by atoms with Gasteiger partial charge in [-0.1, -0.05) is 30.4 Å². The first-order valence-electron chi connectivity index (χ1n) is 13.2. The molecule has 9 nitrogen and oxygen atoms in total. The van der Waals surface area contributed by atoms with Gasteiger partial charge in [-0.15, -0.1) is 0 Å². The highest BCUT2D eigenvalue weighted by atomic mass is 35.5. The van der Waals surface area contributed by atoms with Crippen LogP contribution in [0.4, 0.5) is 10.2 Å². The van der Waals surface area contributed by atoms with Crippen LogP contribution < -0.4 is 5.73 Å². The number of carbonyl (C=O) groups is 1. The zero-order chi connectivity index (χ0) is 29.1. The van der Waals surface area contributed by atoms with Crippen molar-refractivity contribution < 1.29 is 13.6 Å². The predicted molar refractivity (Wildman–Crippen MR) is 154 cm³/mol. The minimum Gasteiger partial charge on any atom is -0.444 e. The number of aromatic nitrogens is 4. The van der Waals surface area contributed by atoms with Crippen LogP contribution in [0.1, 0.15) is 51.4 Å². The normalized spacial score (nSPS) is 13.6. The number of benzene rings is 1. The van der Waals surface area contributed by atoms with Crippen LogP contribution in [0.25, 0.3) is 11.3 Å². The molecule has 0 spiro atoms. The Balaban J connectivity index is 1.36. The smallest absolute Gasteiger partial charge is 0.258 e. The van der Waals surface area contributed by atoms with E-state index >= 15 is 4.39 Å². The second kappa shape index (κ2) is 12.0. The summed E-state index contributed by atoms with van der Waals surface area (Å²) in [7, 11) is 0. The fourth-order valence-corrected chi connectivity index (χ4v) is 4.92. The molecular weight excluding hydrogens is 545 g/mol. The van der Waals surface area contributed by atoms with Crippen molar-refractivity contribution in [3.8, 4) is 23.1 Å². The third kappa shape index (κ3) is 6.21. The van der Waals surface area contributed by atoms with Gasteiger partial charge in [-0.05, 0) is 44.5 Å². The van der Waals surface area contributed by atoms with Gasteiger partial charge in [0.15, 0.2) is 0 Å². The molecule has 0 unspecified atom stereocenters. The van der Waals surface area contributed by atoms with Crippen molar-refractivity contribution in [2.45, 2.75) is 33.7 Å². The highest BCUT2D eigenvalue weighted by molar-refractivity contribution is 6.34. The standard InChI is InChI=1S/C30H29ClFN7O2/c1-4-25-22(7-5-20-6-8-26(33)34-15-20)29(36-17-35-25)21-13-23(31)28(24(32)14-21)30(40)39-11-9-38(10-12-39)16-27-37-18(2)19(3)41-27/h6,8,13-15,17H,4,9-12,16H2,1-3H3,(H2,33,34). The highest BCUT2D eigenvalue weighted by Crippen LogP contribution is 2.31. The average molecular weight is 574 g/mol. The lowest BCUT2D eigenvalue weighted by atomic mass is 10.0. The summed E-state index contributed by atoms with van der Waals surface area (Å²) in [5.74, 6) is 6.83. The van der Waals surface area contributed by atoms with Gasteiger partial charge in [0.2, 0.25) is 5.89 Å². The van der Waals surface area contributed by atoms with E-state index in [0.29, 0.717) is 78.9 Å². The molecule has 4 heterocycles. The second-order valence-electron chi connectivity index (χ2n) is 9.75. The Labute approximate surface area is 242 Å². The molecule has 0 atom stereocenters. The number of nitrogen functional groups attached to an aromatic ring is 1. The van der Waals surface area contributed by atoms with Gasteiger partial charge in [0, 0.05) is 43.5 Å². The molecule has 41 heavy (non-hydrogen) atoms. The molecule has 1 aliphatic rings. The first kappa shape index (κ1) is 28.2. The Morgan fingerprint density at radius 2 is 1.90 bits per heavy atom. The summed E-state index contributed by atoms with van der Waals surface area (Å²) in [6.45, 7) is 8.37. The van der Waals surface area contributed by atoms with Gasteiger partial charge in [-0.25, -0.2) is 24.3 Å². The maximum absolute atomic E-state index is 15.5. The van der Waals surface area contributed by atoms with Crippen molar-refractivity contribution in [2.75, 3.05) is 31.9 Å². The molecule has 1 fully saturated rings. The minimum atomic E-state index is -0.719. The average Bonchev–Trinajstić information content (AvgIpc) is 3.28. The Morgan fingerprint density at radius 1 is 1.12 bits per heavy atom. The largest absolute Gasteiger partial charge is 0.444 e. The van der Waals surface area contributed by atoms with E-state index in [4.69, 9.17) is 21.8 Å². The highest BCUT2D eigenvalue weighted by Gasteiger charge is 2.28. The molecule has 4 aromatic rings. The molecule has 0 radical (unpaired) electrons. The van der Waals surface area contributed by atoms with E-state index in [2.05, 4.69) is 36.7 Å². The lowest BCUT2D eigenvalue weighted by Gasteiger charge is -2.34. The van der Waals surface area contributed by atoms with E-state index in [0.717, 1.165) is 11.5 Å². The van der Waals surface area contributed by atoms with Crippen LogP contribution in [0.3, 0.4) is 0 Å². The Morgan fingerprint density at radius 3 is 2.54 bits per heavy atom. The van der Waals surface area contributed by atoms with E-state index in [1.54, 1.807) is 29.3 Å². The molecule has 11 heteroatoms. The van der Waals surface area contributed by atoms with E-state index < -0.39 is 11.7 Å². The summed E-state index contributed by atoms with van der Waals surface area (Å²) in [5, 5.41) is 0.0106. The molecule has 5 rings (SSSR count). The van der Waals surface area contributed by atoms with Crippen molar-refractivity contribution in [1.29, 1.82) is 0 Å². The number of piperazine rings is 1. The molecule has 1 aromatic carbocycles. The molecule has 2 N–H and O–H groups in total. The van der Waals surface area contributed by atoms with Crippen LogP contribution in [-0.4, -0.2) is 61.8 Å². The summed E-state index contributed by atoms with van der Waals surface area (Å²) in [5.41, 5.74) is 9.12. The van der Waals surface area contributed by atoms with Crippen molar-refractivity contribution >= 4 is 23.3 Å². The number of anilines is 1. The second-order valence-corrected chi connectivity index (χ2v) is 10.2. The third-order valence-electron chi connectivity index (χ3n) is 7.00. The lowest BCUT2D eigenvalue weighted by Crippen LogP contribution is -2.48. The molecule has 3 aromatic heterocycles. The monoisotopic (exact) mass is 573 g/mol. The van der Waals surface area contributed by atoms with Crippen LogP contribution in [-0.2, 0) is 13.0 Å². The van der Waals surface area contributed by atoms with E-state index in [1.807, 2.05) is 20.8 Å². The topological polar surface area (TPSA) is 114 Å². The zero-order valence-corrected chi connectivity index (χ0v) is 23.8. The first-order chi connectivity index (χ1) is 19.7. The van der Waals surface area contributed by atoms with Gasteiger partial charge in [-0.3, -0.25) is 9.69 Å². The number of nitrogens with zero attached hydrogens (tertiary/aromatic N) is 6. The summed E-state index contributed by atoms with van der Waals surface area (Å²) < 4.78 is 21.2. The number of pyridine rings is 1. The molecule has 0 bridgehead atoms. The Kier molecular flexibility index (Phi) is 8.28. The van der Waals surface area contributed by atoms with E-state index in [1.165, 1.54) is 12.4 Å². The van der Waals surface area contributed by atoms with Crippen LogP contribution in [0.15, 0.2) is 41.2 Å². The molecular formula is C30H29ClFN7O2. The molecule has 1 amide bonds. The van der Waals surface area contributed by atoms with Gasteiger partial charge in [-0.2, -0.15) is 0 Å². The van der Waals surface area contributed by atoms with Gasteiger partial charge >= 0.3 is 0 Å². The first-order valence-corrected chi connectivity index (χ1v) is 13.6. The van der Waals surface area contributed by atoms with Gasteiger partial charge in [0.25, 0.3) is 5.91 Å². The quantitative estimate of drug-likeness (QED) is 0.349. The van der Waals surface area contributed by atoms with E-state index in [9.17, 15) is 4.79 Å². The lowest BCUT2D eigenvalue weighted by molar-refractivity contribution is 0.0613. The SMILES string of the molecule is CCc1ncnc(-c2cc(F)c(C(=O)N3CCN(Cc4nc(C)c(C)o4)CC3)c(Cl)c2)c1C#Cc1ccc(N)nc1. The maximum Gasteiger partial charge on any atom is 0.258 e. The summed E-state index contributed by atoms with van der Waals surface area (Å²) in [6, 6.07) is 6.26. The summed E-state index contributed by atoms with van der Waals surface area (Å²) in [6.07, 6.45) is 3.58. The number of amides is 1. The zero-order valence-electron chi connectivity index (χ0n) is 23.0. The summed E-state index contributed by atoms with van der Waals surface area (Å²) >= 11 is 6.55. The van der Waals surface area contributed by atoms with Gasteiger partial charge in [0.05, 0.1) is 39.8 Å². The van der Waals surface area contributed by atoms with E-state index in [-0.39, 0.29) is 10.6 Å². The molecule has 1 saturated heterocycles. The number of rotatable bonds is 5. The number of hydrogen-bond acceptors (Lipinski definition) is 8.